The van der Waals surface area contributed by atoms with Gasteiger partial charge in [-0.15, -0.1) is 0 Å². The summed E-state index contributed by atoms with van der Waals surface area (Å²) in [5.74, 6) is -0.175. The average molecular weight is 266 g/mol. The highest BCUT2D eigenvalue weighted by Gasteiger charge is 2.07. The van der Waals surface area contributed by atoms with Crippen molar-refractivity contribution in [2.24, 2.45) is 0 Å². The van der Waals surface area contributed by atoms with E-state index in [-0.39, 0.29) is 17.6 Å². The molecule has 0 saturated heterocycles. The van der Waals surface area contributed by atoms with Crippen LogP contribution in [0.25, 0.3) is 0 Å². The molecule has 2 rings (SSSR count). The van der Waals surface area contributed by atoms with Crippen LogP contribution in [0.4, 0.5) is 10.1 Å². The van der Waals surface area contributed by atoms with Gasteiger partial charge in [-0.25, -0.2) is 4.39 Å². The van der Waals surface area contributed by atoms with Crippen molar-refractivity contribution in [1.82, 2.24) is 0 Å². The largest absolute Gasteiger partial charge is 0.508 e. The second-order valence-corrected chi connectivity index (χ2v) is 4.56. The van der Waals surface area contributed by atoms with Crippen molar-refractivity contribution >= 4 is 17.3 Å². The first kappa shape index (κ1) is 12.7. The lowest BCUT2D eigenvalue weighted by Crippen LogP contribution is -2.06. The summed E-state index contributed by atoms with van der Waals surface area (Å²) in [4.78, 5) is 0. The van der Waals surface area contributed by atoms with E-state index in [1.807, 2.05) is 13.0 Å². The average Bonchev–Trinajstić information content (AvgIpc) is 2.27. The van der Waals surface area contributed by atoms with Gasteiger partial charge in [0.25, 0.3) is 0 Å². The third kappa shape index (κ3) is 3.14. The Morgan fingerprint density at radius 3 is 2.67 bits per heavy atom. The quantitative estimate of drug-likeness (QED) is 0.864. The fourth-order valence-electron chi connectivity index (χ4n) is 1.76. The Kier molecular flexibility index (Phi) is 3.72. The molecule has 0 radical (unpaired) electrons. The zero-order valence-corrected chi connectivity index (χ0v) is 10.6. The summed E-state index contributed by atoms with van der Waals surface area (Å²) < 4.78 is 13.2. The predicted molar refractivity (Wildman–Crippen MR) is 71.6 cm³/mol. The first-order chi connectivity index (χ1) is 8.54. The topological polar surface area (TPSA) is 32.3 Å². The molecule has 2 nitrogen and oxygen atoms in total. The second-order valence-electron chi connectivity index (χ2n) is 4.12. The maximum Gasteiger partial charge on any atom is 0.126 e. The van der Waals surface area contributed by atoms with Crippen LogP contribution in [0.2, 0.25) is 5.02 Å². The van der Waals surface area contributed by atoms with Gasteiger partial charge in [0.1, 0.15) is 11.6 Å². The van der Waals surface area contributed by atoms with Gasteiger partial charge < -0.3 is 10.4 Å². The maximum atomic E-state index is 13.2. The number of hydrogen-bond acceptors (Lipinski definition) is 2. The molecule has 2 aromatic carbocycles. The molecular formula is C14H13ClFNO. The van der Waals surface area contributed by atoms with Gasteiger partial charge in [-0.05, 0) is 42.8 Å². The number of phenolic OH excluding ortho intramolecular Hbond substituents is 1. The Balaban J connectivity index is 2.18. The van der Waals surface area contributed by atoms with E-state index in [0.29, 0.717) is 10.7 Å². The summed E-state index contributed by atoms with van der Waals surface area (Å²) in [5, 5.41) is 12.9. The molecule has 0 aliphatic carbocycles. The predicted octanol–water partition coefficient (Wildman–Crippen LogP) is 4.36. The third-order valence-corrected chi connectivity index (χ3v) is 2.83. The van der Waals surface area contributed by atoms with E-state index >= 15 is 0 Å². The molecule has 1 atom stereocenters. The lowest BCUT2D eigenvalue weighted by Gasteiger charge is -2.16. The zero-order valence-electron chi connectivity index (χ0n) is 9.82. The highest BCUT2D eigenvalue weighted by molar-refractivity contribution is 6.30. The summed E-state index contributed by atoms with van der Waals surface area (Å²) >= 11 is 5.78. The lowest BCUT2D eigenvalue weighted by molar-refractivity contribution is 0.474. The normalized spacial score (nSPS) is 12.2. The molecule has 18 heavy (non-hydrogen) atoms. The standard InChI is InChI=1S/C14H13ClFNO/c1-9(10-3-2-4-14(18)5-10)17-13-7-11(15)6-12(16)8-13/h2-9,17-18H,1H3. The second kappa shape index (κ2) is 5.27. The maximum absolute atomic E-state index is 13.2. The SMILES string of the molecule is CC(Nc1cc(F)cc(Cl)c1)c1cccc(O)c1. The first-order valence-corrected chi connectivity index (χ1v) is 5.94. The summed E-state index contributed by atoms with van der Waals surface area (Å²) in [5.41, 5.74) is 1.52. The molecule has 2 aromatic rings. The van der Waals surface area contributed by atoms with E-state index < -0.39 is 0 Å². The number of benzene rings is 2. The lowest BCUT2D eigenvalue weighted by atomic mass is 10.1. The van der Waals surface area contributed by atoms with Gasteiger partial charge in [-0.2, -0.15) is 0 Å². The monoisotopic (exact) mass is 265 g/mol. The van der Waals surface area contributed by atoms with E-state index in [1.54, 1.807) is 24.3 Å². The highest BCUT2D eigenvalue weighted by Crippen LogP contribution is 2.24. The third-order valence-electron chi connectivity index (χ3n) is 2.62. The Hall–Kier alpha value is -1.74. The van der Waals surface area contributed by atoms with Crippen molar-refractivity contribution in [2.75, 3.05) is 5.32 Å². The van der Waals surface area contributed by atoms with Crippen molar-refractivity contribution in [3.63, 3.8) is 0 Å². The number of nitrogens with one attached hydrogen (secondary N) is 1. The van der Waals surface area contributed by atoms with Crippen molar-refractivity contribution < 1.29 is 9.50 Å². The van der Waals surface area contributed by atoms with Crippen LogP contribution in [0.3, 0.4) is 0 Å². The molecule has 0 spiro atoms. The van der Waals surface area contributed by atoms with E-state index in [4.69, 9.17) is 11.6 Å². The van der Waals surface area contributed by atoms with Crippen LogP contribution >= 0.6 is 11.6 Å². The van der Waals surface area contributed by atoms with Crippen LogP contribution in [0.5, 0.6) is 5.75 Å². The van der Waals surface area contributed by atoms with Crippen molar-refractivity contribution in [3.05, 3.63) is 58.9 Å². The van der Waals surface area contributed by atoms with Gasteiger partial charge in [-0.1, -0.05) is 23.7 Å². The van der Waals surface area contributed by atoms with Crippen molar-refractivity contribution in [3.8, 4) is 5.75 Å². The fourth-order valence-corrected chi connectivity index (χ4v) is 1.99. The van der Waals surface area contributed by atoms with E-state index in [2.05, 4.69) is 5.32 Å². The van der Waals surface area contributed by atoms with Gasteiger partial charge in [0.05, 0.1) is 0 Å². The first-order valence-electron chi connectivity index (χ1n) is 5.56. The number of aromatic hydroxyl groups is 1. The van der Waals surface area contributed by atoms with Crippen LogP contribution in [-0.2, 0) is 0 Å². The molecule has 0 fully saturated rings. The summed E-state index contributed by atoms with van der Waals surface area (Å²) in [6.45, 7) is 1.92. The number of hydrogen-bond donors (Lipinski definition) is 2. The number of halogens is 2. The van der Waals surface area contributed by atoms with Gasteiger partial charge in [0, 0.05) is 16.8 Å². The molecule has 0 aliphatic rings. The van der Waals surface area contributed by atoms with Crippen LogP contribution in [0.15, 0.2) is 42.5 Å². The molecule has 2 N–H and O–H groups in total. The van der Waals surface area contributed by atoms with E-state index in [9.17, 15) is 9.50 Å². The van der Waals surface area contributed by atoms with Gasteiger partial charge >= 0.3 is 0 Å². The molecule has 0 aliphatic heterocycles. The molecule has 0 heterocycles. The zero-order chi connectivity index (χ0) is 13.1. The Morgan fingerprint density at radius 2 is 2.00 bits per heavy atom. The minimum Gasteiger partial charge on any atom is -0.508 e. The highest BCUT2D eigenvalue weighted by atomic mass is 35.5. The molecule has 94 valence electrons. The molecule has 0 bridgehead atoms. The van der Waals surface area contributed by atoms with E-state index in [1.165, 1.54) is 12.1 Å². The van der Waals surface area contributed by atoms with Gasteiger partial charge in [-0.3, -0.25) is 0 Å². The van der Waals surface area contributed by atoms with Crippen LogP contribution < -0.4 is 5.32 Å². The van der Waals surface area contributed by atoms with E-state index in [0.717, 1.165) is 5.56 Å². The smallest absolute Gasteiger partial charge is 0.126 e. The number of phenols is 1. The molecular weight excluding hydrogens is 253 g/mol. The molecule has 4 heteroatoms. The van der Waals surface area contributed by atoms with Crippen molar-refractivity contribution in [1.29, 1.82) is 0 Å². The van der Waals surface area contributed by atoms with Crippen LogP contribution in [0.1, 0.15) is 18.5 Å². The van der Waals surface area contributed by atoms with Gasteiger partial charge in [0.15, 0.2) is 0 Å². The minimum atomic E-state index is -0.381. The van der Waals surface area contributed by atoms with Crippen LogP contribution in [0, 0.1) is 5.82 Å². The molecule has 0 aromatic heterocycles. The van der Waals surface area contributed by atoms with Crippen molar-refractivity contribution in [2.45, 2.75) is 13.0 Å². The summed E-state index contributed by atoms with van der Waals surface area (Å²) in [6, 6.07) is 11.2. The van der Waals surface area contributed by atoms with Gasteiger partial charge in [0.2, 0.25) is 0 Å². The summed E-state index contributed by atoms with van der Waals surface area (Å²) in [7, 11) is 0. The Morgan fingerprint density at radius 1 is 1.22 bits per heavy atom. The molecule has 0 amide bonds. The Bertz CT molecular complexity index is 539. The Labute approximate surface area is 110 Å². The number of rotatable bonds is 3. The molecule has 1 unspecified atom stereocenters. The number of anilines is 1. The van der Waals surface area contributed by atoms with Crippen LogP contribution in [-0.4, -0.2) is 5.11 Å². The fraction of sp³-hybridized carbons (Fsp3) is 0.143. The molecule has 0 saturated carbocycles. The summed E-state index contributed by atoms with van der Waals surface area (Å²) in [6.07, 6.45) is 0. The minimum absolute atomic E-state index is 0.0602.